The molecule has 0 saturated carbocycles. The van der Waals surface area contributed by atoms with Crippen LogP contribution in [0.2, 0.25) is 0 Å². The minimum Gasteiger partial charge on any atom is -0.301 e. The highest BCUT2D eigenvalue weighted by Crippen LogP contribution is 2.28. The van der Waals surface area contributed by atoms with Crippen molar-refractivity contribution >= 4 is 32.4 Å². The summed E-state index contributed by atoms with van der Waals surface area (Å²) in [4.78, 5) is 17.2. The van der Waals surface area contributed by atoms with Gasteiger partial charge in [-0.05, 0) is 24.0 Å². The molecule has 0 bridgehead atoms. The highest BCUT2D eigenvalue weighted by atomic mass is 32.2. The predicted molar refractivity (Wildman–Crippen MR) is 121 cm³/mol. The number of nitrogens with one attached hydrogen (secondary N) is 1. The maximum absolute atomic E-state index is 12.7. The van der Waals surface area contributed by atoms with Gasteiger partial charge in [-0.1, -0.05) is 61.0 Å². The van der Waals surface area contributed by atoms with Crippen LogP contribution in [0.25, 0.3) is 22.4 Å². The summed E-state index contributed by atoms with van der Waals surface area (Å²) in [5, 5.41) is 5.17. The number of sulfonamides is 1. The molecule has 2 aromatic carbocycles. The number of carbonyl (C=O) groups excluding carboxylic acids is 1. The van der Waals surface area contributed by atoms with Gasteiger partial charge in [0.25, 0.3) is 0 Å². The molecule has 1 fully saturated rings. The Bertz CT molecular complexity index is 1130. The number of benzene rings is 2. The summed E-state index contributed by atoms with van der Waals surface area (Å²) in [6.45, 7) is 0.383. The molecule has 1 aliphatic heterocycles. The van der Waals surface area contributed by atoms with Crippen LogP contribution < -0.4 is 5.32 Å². The molecule has 0 aliphatic carbocycles. The summed E-state index contributed by atoms with van der Waals surface area (Å²) in [6, 6.07) is 17.6. The third-order valence-electron chi connectivity index (χ3n) is 5.20. The molecule has 156 valence electrons. The highest BCUT2D eigenvalue weighted by molar-refractivity contribution is 7.88. The Hall–Kier alpha value is -2.55. The van der Waals surface area contributed by atoms with Crippen molar-refractivity contribution in [2.24, 2.45) is 0 Å². The first-order valence-electron chi connectivity index (χ1n) is 9.81. The first-order valence-corrected chi connectivity index (χ1v) is 12.5. The van der Waals surface area contributed by atoms with Gasteiger partial charge in [0.15, 0.2) is 5.13 Å². The van der Waals surface area contributed by atoms with E-state index >= 15 is 0 Å². The quantitative estimate of drug-likeness (QED) is 0.643. The third kappa shape index (κ3) is 4.61. The van der Waals surface area contributed by atoms with E-state index in [0.29, 0.717) is 18.1 Å². The van der Waals surface area contributed by atoms with Gasteiger partial charge in [0.05, 0.1) is 11.9 Å². The molecule has 1 atom stereocenters. The average molecular weight is 442 g/mol. The Morgan fingerprint density at radius 1 is 1.03 bits per heavy atom. The largest absolute Gasteiger partial charge is 0.301 e. The van der Waals surface area contributed by atoms with Crippen LogP contribution in [0, 0.1) is 0 Å². The first-order chi connectivity index (χ1) is 14.4. The topological polar surface area (TPSA) is 79.4 Å². The number of aromatic nitrogens is 1. The standard InChI is InChI=1S/C22H23N3O3S2/c1-30(27,28)25-14-6-5-9-20(25)21(26)24-22-23-19(15-29-22)18-12-10-17(11-13-18)16-7-3-2-4-8-16/h2-4,7-8,10-13,15,20H,5-6,9,14H2,1H3,(H,23,24,26). The Morgan fingerprint density at radius 3 is 2.40 bits per heavy atom. The molecule has 1 amide bonds. The van der Waals surface area contributed by atoms with Crippen molar-refractivity contribution in [2.75, 3.05) is 18.1 Å². The molecule has 1 unspecified atom stereocenters. The number of hydrogen-bond donors (Lipinski definition) is 1. The third-order valence-corrected chi connectivity index (χ3v) is 7.25. The van der Waals surface area contributed by atoms with E-state index in [2.05, 4.69) is 22.4 Å². The van der Waals surface area contributed by atoms with Gasteiger partial charge in [-0.25, -0.2) is 13.4 Å². The molecular weight excluding hydrogens is 418 g/mol. The Kier molecular flexibility index (Phi) is 5.99. The number of piperidine rings is 1. The monoisotopic (exact) mass is 441 g/mol. The van der Waals surface area contributed by atoms with Crippen molar-refractivity contribution in [2.45, 2.75) is 25.3 Å². The van der Waals surface area contributed by atoms with Gasteiger partial charge in [0.2, 0.25) is 15.9 Å². The van der Waals surface area contributed by atoms with E-state index in [0.717, 1.165) is 41.5 Å². The van der Waals surface area contributed by atoms with Crippen LogP contribution in [0.1, 0.15) is 19.3 Å². The number of thiazole rings is 1. The molecule has 1 N–H and O–H groups in total. The SMILES string of the molecule is CS(=O)(=O)N1CCCCC1C(=O)Nc1nc(-c2ccc(-c3ccccc3)cc2)cs1. The fourth-order valence-electron chi connectivity index (χ4n) is 3.68. The van der Waals surface area contributed by atoms with Crippen molar-refractivity contribution in [3.63, 3.8) is 0 Å². The molecular formula is C22H23N3O3S2. The Morgan fingerprint density at radius 2 is 1.70 bits per heavy atom. The summed E-state index contributed by atoms with van der Waals surface area (Å²) in [5.74, 6) is -0.319. The molecule has 3 aromatic rings. The minimum absolute atomic E-state index is 0.319. The number of nitrogens with zero attached hydrogens (tertiary/aromatic N) is 2. The number of amides is 1. The zero-order valence-corrected chi connectivity index (χ0v) is 18.2. The van der Waals surface area contributed by atoms with Crippen LogP contribution in [-0.4, -0.2) is 42.5 Å². The van der Waals surface area contributed by atoms with Crippen LogP contribution in [0.15, 0.2) is 60.0 Å². The summed E-state index contributed by atoms with van der Waals surface area (Å²) >= 11 is 1.33. The molecule has 4 rings (SSSR count). The average Bonchev–Trinajstić information content (AvgIpc) is 3.22. The van der Waals surface area contributed by atoms with E-state index in [1.54, 1.807) is 0 Å². The normalized spacial score (nSPS) is 17.6. The van der Waals surface area contributed by atoms with Gasteiger partial charge >= 0.3 is 0 Å². The zero-order valence-electron chi connectivity index (χ0n) is 16.6. The molecule has 8 heteroatoms. The van der Waals surface area contributed by atoms with Gasteiger partial charge in [-0.3, -0.25) is 4.79 Å². The van der Waals surface area contributed by atoms with E-state index in [9.17, 15) is 13.2 Å². The highest BCUT2D eigenvalue weighted by Gasteiger charge is 2.34. The lowest BCUT2D eigenvalue weighted by Gasteiger charge is -2.32. The Labute approximate surface area is 180 Å². The Balaban J connectivity index is 1.47. The van der Waals surface area contributed by atoms with Crippen LogP contribution in [0.5, 0.6) is 0 Å². The second-order valence-electron chi connectivity index (χ2n) is 7.36. The molecule has 2 heterocycles. The van der Waals surface area contributed by atoms with Crippen LogP contribution in [0.4, 0.5) is 5.13 Å². The maximum Gasteiger partial charge on any atom is 0.244 e. The number of carbonyl (C=O) groups is 1. The van der Waals surface area contributed by atoms with E-state index in [1.165, 1.54) is 15.6 Å². The lowest BCUT2D eigenvalue weighted by molar-refractivity contribution is -0.120. The van der Waals surface area contributed by atoms with Gasteiger partial charge in [0.1, 0.15) is 6.04 Å². The van der Waals surface area contributed by atoms with Crippen LogP contribution in [0.3, 0.4) is 0 Å². The number of rotatable bonds is 5. The molecule has 30 heavy (non-hydrogen) atoms. The zero-order chi connectivity index (χ0) is 21.1. The molecule has 1 saturated heterocycles. The molecule has 1 aromatic heterocycles. The second-order valence-corrected chi connectivity index (χ2v) is 10.1. The van der Waals surface area contributed by atoms with Crippen molar-refractivity contribution in [1.82, 2.24) is 9.29 Å². The van der Waals surface area contributed by atoms with E-state index in [1.807, 2.05) is 47.8 Å². The lowest BCUT2D eigenvalue weighted by atomic mass is 10.0. The van der Waals surface area contributed by atoms with Crippen molar-refractivity contribution in [3.05, 3.63) is 60.0 Å². The fraction of sp³-hybridized carbons (Fsp3) is 0.273. The molecule has 1 aliphatic rings. The summed E-state index contributed by atoms with van der Waals surface area (Å²) in [7, 11) is -3.42. The van der Waals surface area contributed by atoms with E-state index in [-0.39, 0.29) is 5.91 Å². The van der Waals surface area contributed by atoms with Crippen LogP contribution >= 0.6 is 11.3 Å². The minimum atomic E-state index is -3.42. The van der Waals surface area contributed by atoms with Crippen LogP contribution in [-0.2, 0) is 14.8 Å². The fourth-order valence-corrected chi connectivity index (χ4v) is 5.53. The molecule has 0 spiro atoms. The van der Waals surface area contributed by atoms with Crippen molar-refractivity contribution in [3.8, 4) is 22.4 Å². The first kappa shape index (κ1) is 20.7. The van der Waals surface area contributed by atoms with Gasteiger partial charge in [-0.15, -0.1) is 11.3 Å². The van der Waals surface area contributed by atoms with Crippen molar-refractivity contribution in [1.29, 1.82) is 0 Å². The van der Waals surface area contributed by atoms with E-state index in [4.69, 9.17) is 0 Å². The van der Waals surface area contributed by atoms with Gasteiger partial charge in [0, 0.05) is 17.5 Å². The summed E-state index contributed by atoms with van der Waals surface area (Å²) in [5.41, 5.74) is 4.01. The molecule has 0 radical (unpaired) electrons. The number of hydrogen-bond acceptors (Lipinski definition) is 5. The second kappa shape index (κ2) is 8.67. The van der Waals surface area contributed by atoms with Crippen molar-refractivity contribution < 1.29 is 13.2 Å². The molecule has 6 nitrogen and oxygen atoms in total. The maximum atomic E-state index is 12.7. The lowest BCUT2D eigenvalue weighted by Crippen LogP contribution is -2.49. The summed E-state index contributed by atoms with van der Waals surface area (Å²) < 4.78 is 25.3. The van der Waals surface area contributed by atoms with Gasteiger partial charge < -0.3 is 5.32 Å². The number of anilines is 1. The summed E-state index contributed by atoms with van der Waals surface area (Å²) in [6.07, 6.45) is 3.29. The smallest absolute Gasteiger partial charge is 0.244 e. The predicted octanol–water partition coefficient (Wildman–Crippen LogP) is 4.23. The van der Waals surface area contributed by atoms with E-state index < -0.39 is 16.1 Å². The van der Waals surface area contributed by atoms with Gasteiger partial charge in [-0.2, -0.15) is 4.31 Å².